The molecule has 138 valence electrons. The maximum absolute atomic E-state index is 12.6. The van der Waals surface area contributed by atoms with E-state index in [9.17, 15) is 18.0 Å². The molecule has 1 aromatic carbocycles. The van der Waals surface area contributed by atoms with Crippen LogP contribution >= 0.6 is 23.2 Å². The van der Waals surface area contributed by atoms with Crippen LogP contribution in [-0.4, -0.2) is 30.0 Å². The van der Waals surface area contributed by atoms with E-state index in [0.29, 0.717) is 40.9 Å². The highest BCUT2D eigenvalue weighted by Crippen LogP contribution is 2.30. The van der Waals surface area contributed by atoms with Gasteiger partial charge in [-0.15, -0.1) is 0 Å². The van der Waals surface area contributed by atoms with Crippen molar-refractivity contribution in [1.82, 2.24) is 10.3 Å². The predicted molar refractivity (Wildman–Crippen MR) is 93.8 cm³/mol. The highest BCUT2D eigenvalue weighted by Gasteiger charge is 2.31. The van der Waals surface area contributed by atoms with Crippen LogP contribution in [0.15, 0.2) is 36.5 Å². The molecule has 26 heavy (non-hydrogen) atoms. The monoisotopic (exact) mass is 403 g/mol. The van der Waals surface area contributed by atoms with Crippen LogP contribution in [-0.2, 0) is 6.18 Å². The zero-order valence-corrected chi connectivity index (χ0v) is 14.9. The maximum atomic E-state index is 12.6. The summed E-state index contributed by atoms with van der Waals surface area (Å²) in [5.41, 5.74) is -0.393. The summed E-state index contributed by atoms with van der Waals surface area (Å²) < 4.78 is 37.8. The van der Waals surface area contributed by atoms with E-state index in [1.165, 1.54) is 12.1 Å². The molecular formula is C17H14Cl2F3N3O. The molecule has 9 heteroatoms. The van der Waals surface area contributed by atoms with Gasteiger partial charge in [-0.1, -0.05) is 23.2 Å². The summed E-state index contributed by atoms with van der Waals surface area (Å²) in [6.07, 6.45) is -2.93. The molecule has 1 atom stereocenters. The maximum Gasteiger partial charge on any atom is 0.417 e. The number of benzene rings is 1. The summed E-state index contributed by atoms with van der Waals surface area (Å²) >= 11 is 11.7. The summed E-state index contributed by atoms with van der Waals surface area (Å²) in [5, 5.41) is 3.54. The fourth-order valence-corrected chi connectivity index (χ4v) is 3.03. The van der Waals surface area contributed by atoms with E-state index < -0.39 is 11.7 Å². The summed E-state index contributed by atoms with van der Waals surface area (Å²) in [7, 11) is 0. The highest BCUT2D eigenvalue weighted by atomic mass is 35.5. The van der Waals surface area contributed by atoms with Crippen molar-refractivity contribution in [1.29, 1.82) is 0 Å². The lowest BCUT2D eigenvalue weighted by atomic mass is 10.2. The minimum absolute atomic E-state index is 0.138. The van der Waals surface area contributed by atoms with E-state index in [1.54, 1.807) is 12.1 Å². The van der Waals surface area contributed by atoms with Crippen LogP contribution in [0.4, 0.5) is 19.0 Å². The quantitative estimate of drug-likeness (QED) is 0.824. The number of hydrogen-bond donors (Lipinski definition) is 1. The molecule has 1 aromatic heterocycles. The van der Waals surface area contributed by atoms with Crippen LogP contribution in [0.1, 0.15) is 22.3 Å². The van der Waals surface area contributed by atoms with E-state index in [0.717, 1.165) is 12.3 Å². The van der Waals surface area contributed by atoms with Gasteiger partial charge in [0.15, 0.2) is 0 Å². The first kappa shape index (κ1) is 18.8. The Morgan fingerprint density at radius 3 is 2.58 bits per heavy atom. The Kier molecular flexibility index (Phi) is 5.29. The topological polar surface area (TPSA) is 45.2 Å². The standard InChI is InChI=1S/C17H14Cl2F3N3O/c18-13-3-1-10(7-14(13)19)16(26)24-12-5-6-25(9-12)15-4-2-11(8-23-15)17(20,21)22/h1-4,7-8,12H,5-6,9H2,(H,24,26)/t12-/m0/s1. The lowest BCUT2D eigenvalue weighted by Crippen LogP contribution is -2.37. The first-order valence-electron chi connectivity index (χ1n) is 7.78. The summed E-state index contributed by atoms with van der Waals surface area (Å²) in [6.45, 7) is 1.05. The zero-order chi connectivity index (χ0) is 18.9. The van der Waals surface area contributed by atoms with E-state index >= 15 is 0 Å². The molecule has 1 aliphatic rings. The van der Waals surface area contributed by atoms with Crippen molar-refractivity contribution in [3.05, 3.63) is 57.7 Å². The van der Waals surface area contributed by atoms with Gasteiger partial charge in [-0.25, -0.2) is 4.98 Å². The minimum Gasteiger partial charge on any atom is -0.354 e. The lowest BCUT2D eigenvalue weighted by Gasteiger charge is -2.18. The van der Waals surface area contributed by atoms with Crippen LogP contribution < -0.4 is 10.2 Å². The molecular weight excluding hydrogens is 390 g/mol. The second kappa shape index (κ2) is 7.32. The molecule has 0 unspecified atom stereocenters. The van der Waals surface area contributed by atoms with Gasteiger partial charge >= 0.3 is 6.18 Å². The van der Waals surface area contributed by atoms with Crippen LogP contribution in [0, 0.1) is 0 Å². The van der Waals surface area contributed by atoms with Crippen LogP contribution in [0.25, 0.3) is 0 Å². The average molecular weight is 404 g/mol. The number of carbonyl (C=O) groups excluding carboxylic acids is 1. The number of nitrogens with one attached hydrogen (secondary N) is 1. The molecule has 1 fully saturated rings. The van der Waals surface area contributed by atoms with Crippen molar-refractivity contribution in [2.75, 3.05) is 18.0 Å². The number of pyridine rings is 1. The van der Waals surface area contributed by atoms with Crippen molar-refractivity contribution in [3.8, 4) is 0 Å². The van der Waals surface area contributed by atoms with Gasteiger partial charge in [-0.2, -0.15) is 13.2 Å². The molecule has 0 spiro atoms. The normalized spacial score (nSPS) is 17.4. The van der Waals surface area contributed by atoms with E-state index in [4.69, 9.17) is 23.2 Å². The Hall–Kier alpha value is -1.99. The van der Waals surface area contributed by atoms with Gasteiger partial charge in [-0.3, -0.25) is 4.79 Å². The number of anilines is 1. The fourth-order valence-electron chi connectivity index (χ4n) is 2.73. The number of alkyl halides is 3. The molecule has 1 amide bonds. The second-order valence-corrected chi connectivity index (χ2v) is 6.75. The van der Waals surface area contributed by atoms with Gasteiger partial charge in [0.2, 0.25) is 0 Å². The largest absolute Gasteiger partial charge is 0.417 e. The Morgan fingerprint density at radius 1 is 1.19 bits per heavy atom. The Bertz CT molecular complexity index is 812. The Morgan fingerprint density at radius 2 is 1.96 bits per heavy atom. The third-order valence-electron chi connectivity index (χ3n) is 4.10. The van der Waals surface area contributed by atoms with Gasteiger partial charge in [0, 0.05) is 30.9 Å². The van der Waals surface area contributed by atoms with Crippen LogP contribution in [0.3, 0.4) is 0 Å². The number of rotatable bonds is 3. The SMILES string of the molecule is O=C(N[C@H]1CCN(c2ccc(C(F)(F)F)cn2)C1)c1ccc(Cl)c(Cl)c1. The van der Waals surface area contributed by atoms with Crippen LogP contribution in [0.5, 0.6) is 0 Å². The predicted octanol–water partition coefficient (Wildman–Crippen LogP) is 4.42. The molecule has 0 bridgehead atoms. The second-order valence-electron chi connectivity index (χ2n) is 5.94. The smallest absolute Gasteiger partial charge is 0.354 e. The first-order chi connectivity index (χ1) is 12.2. The molecule has 1 N–H and O–H groups in total. The number of hydrogen-bond acceptors (Lipinski definition) is 3. The van der Waals surface area contributed by atoms with Crippen molar-refractivity contribution < 1.29 is 18.0 Å². The summed E-state index contributed by atoms with van der Waals surface area (Å²) in [6, 6.07) is 6.82. The molecule has 0 saturated carbocycles. The van der Waals surface area contributed by atoms with Gasteiger partial charge in [0.05, 0.1) is 15.6 Å². The average Bonchev–Trinajstić information content (AvgIpc) is 3.05. The van der Waals surface area contributed by atoms with Crippen molar-refractivity contribution in [2.24, 2.45) is 0 Å². The van der Waals surface area contributed by atoms with Crippen molar-refractivity contribution >= 4 is 34.9 Å². The van der Waals surface area contributed by atoms with E-state index in [-0.39, 0.29) is 11.9 Å². The molecule has 1 saturated heterocycles. The number of amides is 1. The molecule has 0 aliphatic carbocycles. The third-order valence-corrected chi connectivity index (χ3v) is 4.84. The highest BCUT2D eigenvalue weighted by molar-refractivity contribution is 6.42. The van der Waals surface area contributed by atoms with Gasteiger partial charge in [0.1, 0.15) is 5.82 Å². The number of nitrogens with zero attached hydrogens (tertiary/aromatic N) is 2. The Balaban J connectivity index is 1.61. The molecule has 3 rings (SSSR count). The molecule has 0 radical (unpaired) electrons. The van der Waals surface area contributed by atoms with Gasteiger partial charge < -0.3 is 10.2 Å². The Labute approximate surface area is 157 Å². The zero-order valence-electron chi connectivity index (χ0n) is 13.4. The van der Waals surface area contributed by atoms with Gasteiger partial charge in [0.25, 0.3) is 5.91 Å². The minimum atomic E-state index is -4.41. The number of carbonyl (C=O) groups is 1. The van der Waals surface area contributed by atoms with Crippen LogP contribution in [0.2, 0.25) is 10.0 Å². The molecule has 4 nitrogen and oxygen atoms in total. The third kappa shape index (κ3) is 4.22. The van der Waals surface area contributed by atoms with E-state index in [1.807, 2.05) is 4.90 Å². The van der Waals surface area contributed by atoms with Crippen molar-refractivity contribution in [2.45, 2.75) is 18.6 Å². The van der Waals surface area contributed by atoms with E-state index in [2.05, 4.69) is 10.3 Å². The fraction of sp³-hybridized carbons (Fsp3) is 0.294. The summed E-state index contributed by atoms with van der Waals surface area (Å²) in [4.78, 5) is 18.0. The first-order valence-corrected chi connectivity index (χ1v) is 8.54. The lowest BCUT2D eigenvalue weighted by molar-refractivity contribution is -0.137. The molecule has 2 aromatic rings. The van der Waals surface area contributed by atoms with Gasteiger partial charge in [-0.05, 0) is 36.8 Å². The van der Waals surface area contributed by atoms with Crippen molar-refractivity contribution in [3.63, 3.8) is 0 Å². The number of halogens is 5. The summed E-state index contributed by atoms with van der Waals surface area (Å²) in [5.74, 6) is 0.167. The number of aromatic nitrogens is 1. The molecule has 2 heterocycles. The molecule has 1 aliphatic heterocycles.